The van der Waals surface area contributed by atoms with Crippen molar-refractivity contribution in [3.63, 3.8) is 0 Å². The van der Waals surface area contributed by atoms with Gasteiger partial charge in [-0.1, -0.05) is 6.92 Å². The highest BCUT2D eigenvalue weighted by atomic mass is 32.1. The van der Waals surface area contributed by atoms with Gasteiger partial charge in [0.15, 0.2) is 0 Å². The summed E-state index contributed by atoms with van der Waals surface area (Å²) in [6, 6.07) is 8.66. The number of thiophene rings is 1. The highest BCUT2D eigenvalue weighted by Crippen LogP contribution is 2.32. The van der Waals surface area contributed by atoms with Crippen molar-refractivity contribution in [3.05, 3.63) is 57.7 Å². The van der Waals surface area contributed by atoms with E-state index in [9.17, 15) is 4.39 Å². The Morgan fingerprint density at radius 3 is 2.85 bits per heavy atom. The lowest BCUT2D eigenvalue weighted by molar-refractivity contribution is 0.480. The molecule has 2 nitrogen and oxygen atoms in total. The molecule has 0 bridgehead atoms. The summed E-state index contributed by atoms with van der Waals surface area (Å²) in [5.41, 5.74) is 1.96. The monoisotopic (exact) mass is 289 g/mol. The number of hydrogen-bond donors (Lipinski definition) is 1. The van der Waals surface area contributed by atoms with E-state index in [2.05, 4.69) is 30.6 Å². The Kier molecular flexibility index (Phi) is 3.59. The molecule has 0 aliphatic rings. The van der Waals surface area contributed by atoms with Crippen LogP contribution < -0.4 is 5.32 Å². The van der Waals surface area contributed by atoms with Gasteiger partial charge in [0.1, 0.15) is 23.2 Å². The van der Waals surface area contributed by atoms with Crippen LogP contribution in [0.25, 0.3) is 11.0 Å². The van der Waals surface area contributed by atoms with Gasteiger partial charge in [-0.05, 0) is 54.7 Å². The maximum atomic E-state index is 13.3. The first kappa shape index (κ1) is 13.3. The van der Waals surface area contributed by atoms with Crippen molar-refractivity contribution in [1.82, 2.24) is 5.32 Å². The Morgan fingerprint density at radius 1 is 1.30 bits per heavy atom. The zero-order chi connectivity index (χ0) is 14.1. The van der Waals surface area contributed by atoms with Gasteiger partial charge >= 0.3 is 0 Å². The van der Waals surface area contributed by atoms with Gasteiger partial charge in [-0.25, -0.2) is 4.39 Å². The molecule has 0 saturated carbocycles. The summed E-state index contributed by atoms with van der Waals surface area (Å²) in [6.07, 6.45) is 0. The number of nitrogens with one attached hydrogen (secondary N) is 1. The number of rotatable bonds is 4. The minimum Gasteiger partial charge on any atom is -0.459 e. The maximum Gasteiger partial charge on any atom is 0.134 e. The van der Waals surface area contributed by atoms with Crippen LogP contribution in [0.15, 0.2) is 40.1 Å². The molecule has 0 aliphatic carbocycles. The van der Waals surface area contributed by atoms with Crippen molar-refractivity contribution in [2.45, 2.75) is 19.9 Å². The smallest absolute Gasteiger partial charge is 0.134 e. The van der Waals surface area contributed by atoms with E-state index in [1.807, 2.05) is 6.07 Å². The molecule has 1 atom stereocenters. The molecule has 0 fully saturated rings. The summed E-state index contributed by atoms with van der Waals surface area (Å²) >= 11 is 1.71. The minimum atomic E-state index is -0.239. The molecule has 1 unspecified atom stereocenters. The molecule has 0 saturated heterocycles. The lowest BCUT2D eigenvalue weighted by Crippen LogP contribution is -2.21. The third-order valence-electron chi connectivity index (χ3n) is 3.35. The van der Waals surface area contributed by atoms with E-state index in [4.69, 9.17) is 4.42 Å². The zero-order valence-electron chi connectivity index (χ0n) is 11.4. The van der Waals surface area contributed by atoms with Crippen LogP contribution >= 0.6 is 11.3 Å². The molecule has 0 aliphatic heterocycles. The topological polar surface area (TPSA) is 25.2 Å². The van der Waals surface area contributed by atoms with Gasteiger partial charge < -0.3 is 9.73 Å². The van der Waals surface area contributed by atoms with E-state index in [1.54, 1.807) is 17.4 Å². The van der Waals surface area contributed by atoms with Crippen molar-refractivity contribution in [1.29, 1.82) is 0 Å². The highest BCUT2D eigenvalue weighted by molar-refractivity contribution is 7.10. The average Bonchev–Trinajstić information content (AvgIpc) is 3.01. The molecule has 20 heavy (non-hydrogen) atoms. The first-order valence-corrected chi connectivity index (χ1v) is 7.53. The SMILES string of the molecule is CCNC(c1cc2cc(F)ccc2o1)c1sccc1C. The number of fused-ring (bicyclic) bond motifs is 1. The Bertz CT molecular complexity index is 731. The van der Waals surface area contributed by atoms with Gasteiger partial charge in [0, 0.05) is 10.3 Å². The summed E-state index contributed by atoms with van der Waals surface area (Å²) < 4.78 is 19.2. The van der Waals surface area contributed by atoms with E-state index in [0.29, 0.717) is 0 Å². The molecule has 1 N–H and O–H groups in total. The second-order valence-electron chi connectivity index (χ2n) is 4.79. The molecule has 2 heterocycles. The van der Waals surface area contributed by atoms with E-state index in [1.165, 1.54) is 22.6 Å². The molecular formula is C16H16FNOS. The van der Waals surface area contributed by atoms with E-state index >= 15 is 0 Å². The Hall–Kier alpha value is -1.65. The second kappa shape index (κ2) is 5.38. The fraction of sp³-hybridized carbons (Fsp3) is 0.250. The Morgan fingerprint density at radius 2 is 2.15 bits per heavy atom. The van der Waals surface area contributed by atoms with Crippen molar-refractivity contribution in [3.8, 4) is 0 Å². The Labute approximate surface area is 121 Å². The summed E-state index contributed by atoms with van der Waals surface area (Å²) in [6.45, 7) is 5.00. The van der Waals surface area contributed by atoms with Gasteiger partial charge in [0.05, 0.1) is 0 Å². The summed E-state index contributed by atoms with van der Waals surface area (Å²) in [5.74, 6) is 0.593. The first-order chi connectivity index (χ1) is 9.69. The van der Waals surface area contributed by atoms with Gasteiger partial charge in [0.2, 0.25) is 0 Å². The normalized spacial score (nSPS) is 12.9. The third-order valence-corrected chi connectivity index (χ3v) is 4.44. The number of furan rings is 1. The van der Waals surface area contributed by atoms with Crippen LogP contribution in [0.3, 0.4) is 0 Å². The molecular weight excluding hydrogens is 273 g/mol. The minimum absolute atomic E-state index is 0.0236. The number of aryl methyl sites for hydroxylation is 1. The lowest BCUT2D eigenvalue weighted by Gasteiger charge is -2.15. The zero-order valence-corrected chi connectivity index (χ0v) is 12.3. The van der Waals surface area contributed by atoms with Gasteiger partial charge in [-0.15, -0.1) is 11.3 Å². The molecule has 3 aromatic rings. The van der Waals surface area contributed by atoms with Gasteiger partial charge in [0.25, 0.3) is 0 Å². The lowest BCUT2D eigenvalue weighted by atomic mass is 10.1. The average molecular weight is 289 g/mol. The first-order valence-electron chi connectivity index (χ1n) is 6.65. The van der Waals surface area contributed by atoms with Crippen LogP contribution in [0.4, 0.5) is 4.39 Å². The van der Waals surface area contributed by atoms with Crippen molar-refractivity contribution in [2.24, 2.45) is 0 Å². The predicted octanol–water partition coefficient (Wildman–Crippen LogP) is 4.64. The second-order valence-corrected chi connectivity index (χ2v) is 5.74. The molecule has 104 valence electrons. The van der Waals surface area contributed by atoms with Crippen molar-refractivity contribution >= 4 is 22.3 Å². The molecule has 0 radical (unpaired) electrons. The quantitative estimate of drug-likeness (QED) is 0.757. The summed E-state index contributed by atoms with van der Waals surface area (Å²) in [5, 5.41) is 6.32. The standard InChI is InChI=1S/C16H16FNOS/c1-3-18-15(16-10(2)6-7-20-16)14-9-11-8-12(17)4-5-13(11)19-14/h4-9,15,18H,3H2,1-2H3. The highest BCUT2D eigenvalue weighted by Gasteiger charge is 2.20. The van der Waals surface area contributed by atoms with E-state index in [-0.39, 0.29) is 11.9 Å². The number of benzene rings is 1. The molecule has 4 heteroatoms. The molecule has 0 amide bonds. The van der Waals surface area contributed by atoms with Crippen molar-refractivity contribution < 1.29 is 8.81 Å². The largest absolute Gasteiger partial charge is 0.459 e. The third kappa shape index (κ3) is 2.37. The summed E-state index contributed by atoms with van der Waals surface area (Å²) in [4.78, 5) is 1.24. The number of halogens is 1. The van der Waals surface area contributed by atoms with Crippen LogP contribution in [0.1, 0.15) is 29.2 Å². The molecule has 3 rings (SSSR count). The van der Waals surface area contributed by atoms with E-state index in [0.717, 1.165) is 23.3 Å². The number of hydrogen-bond acceptors (Lipinski definition) is 3. The molecule has 0 spiro atoms. The van der Waals surface area contributed by atoms with E-state index < -0.39 is 0 Å². The fourth-order valence-electron chi connectivity index (χ4n) is 2.38. The fourth-order valence-corrected chi connectivity index (χ4v) is 3.39. The Balaban J connectivity index is 2.07. The van der Waals surface area contributed by atoms with Crippen LogP contribution in [0, 0.1) is 12.7 Å². The van der Waals surface area contributed by atoms with Gasteiger partial charge in [-0.2, -0.15) is 0 Å². The van der Waals surface area contributed by atoms with Crippen LogP contribution in [0.5, 0.6) is 0 Å². The molecule has 2 aromatic heterocycles. The van der Waals surface area contributed by atoms with Crippen molar-refractivity contribution in [2.75, 3.05) is 6.54 Å². The maximum absolute atomic E-state index is 13.3. The van der Waals surface area contributed by atoms with Crippen LogP contribution in [-0.4, -0.2) is 6.54 Å². The predicted molar refractivity (Wildman–Crippen MR) is 80.7 cm³/mol. The summed E-state index contributed by atoms with van der Waals surface area (Å²) in [7, 11) is 0. The molecule has 1 aromatic carbocycles. The van der Waals surface area contributed by atoms with Crippen LogP contribution in [0.2, 0.25) is 0 Å². The van der Waals surface area contributed by atoms with Crippen LogP contribution in [-0.2, 0) is 0 Å². The van der Waals surface area contributed by atoms with Gasteiger partial charge in [-0.3, -0.25) is 0 Å².